The second-order valence-corrected chi connectivity index (χ2v) is 4.67. The van der Waals surface area contributed by atoms with Gasteiger partial charge in [-0.1, -0.05) is 0 Å². The summed E-state index contributed by atoms with van der Waals surface area (Å²) in [5, 5.41) is 12.1. The third-order valence-electron chi connectivity index (χ3n) is 1.82. The zero-order chi connectivity index (χ0) is 11.4. The summed E-state index contributed by atoms with van der Waals surface area (Å²) in [6.45, 7) is 1.82. The summed E-state index contributed by atoms with van der Waals surface area (Å²) in [6, 6.07) is 4.71. The van der Waals surface area contributed by atoms with E-state index in [0.29, 0.717) is 11.4 Å². The van der Waals surface area contributed by atoms with E-state index in [1.165, 1.54) is 6.07 Å². The van der Waals surface area contributed by atoms with Crippen LogP contribution in [0.1, 0.15) is 17.3 Å². The maximum absolute atomic E-state index is 11.6. The van der Waals surface area contributed by atoms with Gasteiger partial charge in [0.1, 0.15) is 5.75 Å². The molecule has 1 rings (SSSR count). The lowest BCUT2D eigenvalue weighted by molar-refractivity contribution is 0.0943. The summed E-state index contributed by atoms with van der Waals surface area (Å²) in [4.78, 5) is 11.6. The molecule has 0 heterocycles. The van der Waals surface area contributed by atoms with Crippen LogP contribution in [-0.4, -0.2) is 22.9 Å². The van der Waals surface area contributed by atoms with Gasteiger partial charge in [0.15, 0.2) is 0 Å². The third kappa shape index (κ3) is 3.53. The number of rotatable bonds is 3. The molecule has 82 valence electrons. The number of carbonyl (C=O) groups excluding carboxylic acids is 1. The van der Waals surface area contributed by atoms with Crippen LogP contribution in [0.15, 0.2) is 18.2 Å². The van der Waals surface area contributed by atoms with Crippen LogP contribution in [0.25, 0.3) is 0 Å². The molecular weight excluding hydrogens is 328 g/mol. The Hall–Kier alpha value is -0.490. The first-order chi connectivity index (χ1) is 7.04. The number of benzene rings is 1. The minimum Gasteiger partial charge on any atom is -0.507 e. The molecule has 0 aliphatic heterocycles. The summed E-state index contributed by atoms with van der Waals surface area (Å²) in [7, 11) is 0. The zero-order valence-electron chi connectivity index (χ0n) is 8.13. The lowest BCUT2D eigenvalue weighted by Crippen LogP contribution is -2.33. The third-order valence-corrected chi connectivity index (χ3v) is 3.19. The van der Waals surface area contributed by atoms with E-state index in [2.05, 4.69) is 5.32 Å². The molecule has 1 amide bonds. The Bertz CT molecular complexity index is 370. The number of aromatic hydroxyl groups is 1. The van der Waals surface area contributed by atoms with Gasteiger partial charge in [0.05, 0.1) is 3.57 Å². The number of phenols is 1. The highest BCUT2D eigenvalue weighted by Gasteiger charge is 2.10. The molecule has 0 radical (unpaired) electrons. The van der Waals surface area contributed by atoms with Gasteiger partial charge in [0.25, 0.3) is 5.91 Å². The van der Waals surface area contributed by atoms with Crippen molar-refractivity contribution in [1.29, 1.82) is 0 Å². The fourth-order valence-electron chi connectivity index (χ4n) is 1.000. The van der Waals surface area contributed by atoms with Gasteiger partial charge in [-0.25, -0.2) is 0 Å². The largest absolute Gasteiger partial charge is 0.507 e. The van der Waals surface area contributed by atoms with Crippen LogP contribution in [0.3, 0.4) is 0 Å². The molecule has 1 unspecified atom stereocenters. The molecule has 0 aromatic heterocycles. The van der Waals surface area contributed by atoms with Crippen molar-refractivity contribution in [3.05, 3.63) is 27.3 Å². The minimum absolute atomic E-state index is 0.0828. The number of hydrogen-bond donors (Lipinski definition) is 2. The van der Waals surface area contributed by atoms with E-state index in [4.69, 9.17) is 11.6 Å². The van der Waals surface area contributed by atoms with E-state index >= 15 is 0 Å². The number of halogens is 2. The van der Waals surface area contributed by atoms with Crippen molar-refractivity contribution in [2.75, 3.05) is 5.88 Å². The highest BCUT2D eigenvalue weighted by atomic mass is 127. The molecule has 0 aliphatic carbocycles. The van der Waals surface area contributed by atoms with E-state index in [9.17, 15) is 9.90 Å². The van der Waals surface area contributed by atoms with E-state index in [1.807, 2.05) is 29.5 Å². The maximum Gasteiger partial charge on any atom is 0.251 e. The smallest absolute Gasteiger partial charge is 0.251 e. The Balaban J connectivity index is 2.78. The maximum atomic E-state index is 11.6. The first kappa shape index (κ1) is 12.6. The molecule has 5 heteroatoms. The second-order valence-electron chi connectivity index (χ2n) is 3.20. The van der Waals surface area contributed by atoms with Gasteiger partial charge >= 0.3 is 0 Å². The van der Waals surface area contributed by atoms with E-state index in [0.717, 1.165) is 3.57 Å². The first-order valence-corrected chi connectivity index (χ1v) is 6.01. The van der Waals surface area contributed by atoms with Gasteiger partial charge in [0, 0.05) is 17.5 Å². The van der Waals surface area contributed by atoms with Gasteiger partial charge in [-0.3, -0.25) is 4.79 Å². The summed E-state index contributed by atoms with van der Waals surface area (Å²) in [5.41, 5.74) is 0.435. The topological polar surface area (TPSA) is 49.3 Å². The molecule has 0 saturated heterocycles. The molecule has 1 aromatic carbocycles. The standard InChI is InChI=1S/C10H11ClINO2/c1-6(5-11)13-10(15)7-2-3-8(12)9(14)4-7/h2-4,6,14H,5H2,1H3,(H,13,15). The van der Waals surface area contributed by atoms with Crippen LogP contribution in [0.4, 0.5) is 0 Å². The predicted molar refractivity (Wildman–Crippen MR) is 68.5 cm³/mol. The quantitative estimate of drug-likeness (QED) is 0.656. The van der Waals surface area contributed by atoms with Gasteiger partial charge in [-0.05, 0) is 47.7 Å². The van der Waals surface area contributed by atoms with Crippen molar-refractivity contribution in [2.45, 2.75) is 13.0 Å². The normalized spacial score (nSPS) is 12.2. The molecular formula is C10H11ClINO2. The molecule has 0 bridgehead atoms. The molecule has 0 fully saturated rings. The zero-order valence-corrected chi connectivity index (χ0v) is 11.0. The highest BCUT2D eigenvalue weighted by molar-refractivity contribution is 14.1. The molecule has 0 aliphatic rings. The lowest BCUT2D eigenvalue weighted by Gasteiger charge is -2.10. The molecule has 0 saturated carbocycles. The Morgan fingerprint density at radius 1 is 1.67 bits per heavy atom. The van der Waals surface area contributed by atoms with Crippen LogP contribution in [0.2, 0.25) is 0 Å². The number of phenolic OH excluding ortho intramolecular Hbond substituents is 1. The first-order valence-electron chi connectivity index (χ1n) is 4.40. The summed E-state index contributed by atoms with van der Waals surface area (Å²) >= 11 is 7.57. The summed E-state index contributed by atoms with van der Waals surface area (Å²) in [5.74, 6) is 0.249. The Morgan fingerprint density at radius 2 is 2.33 bits per heavy atom. The monoisotopic (exact) mass is 339 g/mol. The Labute approximate surface area is 107 Å². The van der Waals surface area contributed by atoms with Crippen molar-refractivity contribution in [2.24, 2.45) is 0 Å². The molecule has 15 heavy (non-hydrogen) atoms. The van der Waals surface area contributed by atoms with Crippen molar-refractivity contribution >= 4 is 40.1 Å². The van der Waals surface area contributed by atoms with Crippen LogP contribution in [-0.2, 0) is 0 Å². The van der Waals surface area contributed by atoms with Crippen molar-refractivity contribution in [1.82, 2.24) is 5.32 Å². The molecule has 1 atom stereocenters. The average Bonchev–Trinajstić information content (AvgIpc) is 2.21. The Kier molecular flexibility index (Phi) is 4.66. The minimum atomic E-state index is -0.227. The van der Waals surface area contributed by atoms with Gasteiger partial charge in [-0.15, -0.1) is 11.6 Å². The Morgan fingerprint density at radius 3 is 2.87 bits per heavy atom. The second kappa shape index (κ2) is 5.55. The number of hydrogen-bond acceptors (Lipinski definition) is 2. The van der Waals surface area contributed by atoms with E-state index in [1.54, 1.807) is 12.1 Å². The van der Waals surface area contributed by atoms with Gasteiger partial charge < -0.3 is 10.4 Å². The van der Waals surface area contributed by atoms with Crippen molar-refractivity contribution in [3.8, 4) is 5.75 Å². The van der Waals surface area contributed by atoms with Crippen molar-refractivity contribution in [3.63, 3.8) is 0 Å². The molecule has 3 nitrogen and oxygen atoms in total. The number of carbonyl (C=O) groups is 1. The number of amides is 1. The molecule has 2 N–H and O–H groups in total. The van der Waals surface area contributed by atoms with Crippen molar-refractivity contribution < 1.29 is 9.90 Å². The van der Waals surface area contributed by atoms with E-state index in [-0.39, 0.29) is 17.7 Å². The van der Waals surface area contributed by atoms with Gasteiger partial charge in [0.2, 0.25) is 0 Å². The lowest BCUT2D eigenvalue weighted by atomic mass is 10.2. The number of alkyl halides is 1. The molecule has 0 spiro atoms. The summed E-state index contributed by atoms with van der Waals surface area (Å²) in [6.07, 6.45) is 0. The van der Waals surface area contributed by atoms with Gasteiger partial charge in [-0.2, -0.15) is 0 Å². The molecule has 1 aromatic rings. The van der Waals surface area contributed by atoms with Crippen LogP contribution >= 0.6 is 34.2 Å². The van der Waals surface area contributed by atoms with Crippen LogP contribution in [0.5, 0.6) is 5.75 Å². The SMILES string of the molecule is CC(CCl)NC(=O)c1ccc(I)c(O)c1. The van der Waals surface area contributed by atoms with Crippen LogP contribution < -0.4 is 5.32 Å². The van der Waals surface area contributed by atoms with Crippen LogP contribution in [0, 0.1) is 3.57 Å². The number of nitrogens with one attached hydrogen (secondary N) is 1. The fraction of sp³-hybridized carbons (Fsp3) is 0.300. The predicted octanol–water partition coefficient (Wildman–Crippen LogP) is 2.35. The highest BCUT2D eigenvalue weighted by Crippen LogP contribution is 2.20. The average molecular weight is 340 g/mol. The van der Waals surface area contributed by atoms with E-state index < -0.39 is 0 Å². The fourth-order valence-corrected chi connectivity index (χ4v) is 1.41. The summed E-state index contributed by atoms with van der Waals surface area (Å²) < 4.78 is 0.717.